The van der Waals surface area contributed by atoms with Gasteiger partial charge >= 0.3 is 0 Å². The molecule has 2 rings (SSSR count). The van der Waals surface area contributed by atoms with Crippen LogP contribution in [0.1, 0.15) is 10.4 Å². The summed E-state index contributed by atoms with van der Waals surface area (Å²) in [6, 6.07) is 14.2. The van der Waals surface area contributed by atoms with Crippen molar-refractivity contribution in [1.82, 2.24) is 5.32 Å². The lowest BCUT2D eigenvalue weighted by molar-refractivity contribution is 0.0975. The first-order chi connectivity index (χ1) is 10.7. The van der Waals surface area contributed by atoms with Crippen LogP contribution in [0.15, 0.2) is 48.5 Å². The molecular formula is C16H16N2O3S. The second kappa shape index (κ2) is 7.42. The van der Waals surface area contributed by atoms with Crippen molar-refractivity contribution in [3.63, 3.8) is 0 Å². The minimum atomic E-state index is -0.343. The van der Waals surface area contributed by atoms with E-state index in [0.29, 0.717) is 22.7 Å². The molecule has 114 valence electrons. The number of rotatable bonds is 4. The number of carbonyl (C=O) groups excluding carboxylic acids is 1. The maximum Gasteiger partial charge on any atom is 0.261 e. The maximum atomic E-state index is 12.2. The van der Waals surface area contributed by atoms with Crippen molar-refractivity contribution in [2.75, 3.05) is 19.5 Å². The summed E-state index contributed by atoms with van der Waals surface area (Å²) in [4.78, 5) is 12.2. The van der Waals surface area contributed by atoms with E-state index < -0.39 is 0 Å². The van der Waals surface area contributed by atoms with Gasteiger partial charge in [0.25, 0.3) is 5.91 Å². The minimum absolute atomic E-state index is 0.181. The number of carbonyl (C=O) groups is 1. The molecule has 0 aliphatic rings. The molecule has 0 radical (unpaired) electrons. The van der Waals surface area contributed by atoms with E-state index in [4.69, 9.17) is 21.7 Å². The number of benzene rings is 2. The number of amides is 1. The Morgan fingerprint density at radius 1 is 0.955 bits per heavy atom. The number of hydrogen-bond donors (Lipinski definition) is 2. The zero-order valence-corrected chi connectivity index (χ0v) is 13.1. The molecule has 0 saturated carbocycles. The molecule has 1 amide bonds. The van der Waals surface area contributed by atoms with E-state index in [2.05, 4.69) is 10.6 Å². The molecule has 0 atom stereocenters. The van der Waals surface area contributed by atoms with Gasteiger partial charge in [-0.15, -0.1) is 0 Å². The van der Waals surface area contributed by atoms with Crippen LogP contribution in [0, 0.1) is 0 Å². The van der Waals surface area contributed by atoms with Crippen LogP contribution in [0.25, 0.3) is 0 Å². The summed E-state index contributed by atoms with van der Waals surface area (Å²) in [7, 11) is 3.08. The van der Waals surface area contributed by atoms with Gasteiger partial charge in [-0.1, -0.05) is 24.3 Å². The van der Waals surface area contributed by atoms with Crippen molar-refractivity contribution >= 4 is 28.9 Å². The topological polar surface area (TPSA) is 59.6 Å². The van der Waals surface area contributed by atoms with Gasteiger partial charge in [0.1, 0.15) is 11.5 Å². The summed E-state index contributed by atoms with van der Waals surface area (Å²) in [5, 5.41) is 5.73. The molecule has 5 nitrogen and oxygen atoms in total. The zero-order chi connectivity index (χ0) is 15.9. The lowest BCUT2D eigenvalue weighted by Crippen LogP contribution is -2.34. The summed E-state index contributed by atoms with van der Waals surface area (Å²) in [5.41, 5.74) is 1.09. The summed E-state index contributed by atoms with van der Waals surface area (Å²) in [5.74, 6) is 0.779. The standard InChI is InChI=1S/C16H16N2O3S/c1-20-13-9-5-3-7-11(13)15(19)18-16(22)17-12-8-4-6-10-14(12)21-2/h3-10H,1-2H3,(H2,17,18,19,22). The van der Waals surface area contributed by atoms with Gasteiger partial charge in [0, 0.05) is 0 Å². The normalized spacial score (nSPS) is 9.73. The molecule has 0 heterocycles. The van der Waals surface area contributed by atoms with Crippen LogP contribution in [-0.2, 0) is 0 Å². The molecule has 0 aliphatic heterocycles. The SMILES string of the molecule is COc1ccccc1NC(=S)NC(=O)c1ccccc1OC. The van der Waals surface area contributed by atoms with Gasteiger partial charge in [0.2, 0.25) is 0 Å². The fourth-order valence-electron chi connectivity index (χ4n) is 1.90. The van der Waals surface area contributed by atoms with Crippen LogP contribution in [0.3, 0.4) is 0 Å². The van der Waals surface area contributed by atoms with Crippen LogP contribution in [0.2, 0.25) is 0 Å². The van der Waals surface area contributed by atoms with Crippen LogP contribution in [0.5, 0.6) is 11.5 Å². The molecule has 6 heteroatoms. The number of para-hydroxylation sites is 3. The Labute approximate surface area is 134 Å². The third kappa shape index (κ3) is 3.73. The second-order valence-electron chi connectivity index (χ2n) is 4.31. The highest BCUT2D eigenvalue weighted by molar-refractivity contribution is 7.80. The number of methoxy groups -OCH3 is 2. The first kappa shape index (κ1) is 15.8. The van der Waals surface area contributed by atoms with Gasteiger partial charge in [-0.3, -0.25) is 10.1 Å². The van der Waals surface area contributed by atoms with Gasteiger partial charge in [-0.2, -0.15) is 0 Å². The molecule has 22 heavy (non-hydrogen) atoms. The average molecular weight is 316 g/mol. The Kier molecular flexibility index (Phi) is 5.32. The smallest absolute Gasteiger partial charge is 0.261 e. The van der Waals surface area contributed by atoms with Crippen LogP contribution in [-0.4, -0.2) is 25.2 Å². The van der Waals surface area contributed by atoms with E-state index in [9.17, 15) is 4.79 Å². The number of ether oxygens (including phenoxy) is 2. The van der Waals surface area contributed by atoms with Gasteiger partial charge in [0.15, 0.2) is 5.11 Å². The first-order valence-corrected chi connectivity index (χ1v) is 6.95. The quantitative estimate of drug-likeness (QED) is 0.850. The molecule has 2 aromatic rings. The van der Waals surface area contributed by atoms with Crippen molar-refractivity contribution in [3.05, 3.63) is 54.1 Å². The molecule has 0 fully saturated rings. The minimum Gasteiger partial charge on any atom is -0.496 e. The van der Waals surface area contributed by atoms with E-state index in [1.54, 1.807) is 43.5 Å². The van der Waals surface area contributed by atoms with Crippen LogP contribution in [0.4, 0.5) is 5.69 Å². The second-order valence-corrected chi connectivity index (χ2v) is 4.72. The Balaban J connectivity index is 2.07. The monoisotopic (exact) mass is 316 g/mol. The summed E-state index contributed by atoms with van der Waals surface area (Å²) in [6.45, 7) is 0. The van der Waals surface area contributed by atoms with E-state index in [-0.39, 0.29) is 11.0 Å². The van der Waals surface area contributed by atoms with Gasteiger partial charge in [0.05, 0.1) is 25.5 Å². The van der Waals surface area contributed by atoms with Crippen molar-refractivity contribution in [3.8, 4) is 11.5 Å². The lowest BCUT2D eigenvalue weighted by Gasteiger charge is -2.13. The number of thiocarbonyl (C=S) groups is 1. The predicted molar refractivity (Wildman–Crippen MR) is 89.7 cm³/mol. The number of hydrogen-bond acceptors (Lipinski definition) is 4. The van der Waals surface area contributed by atoms with E-state index in [0.717, 1.165) is 0 Å². The molecule has 0 saturated heterocycles. The van der Waals surface area contributed by atoms with Crippen molar-refractivity contribution < 1.29 is 14.3 Å². The Morgan fingerprint density at radius 3 is 2.23 bits per heavy atom. The van der Waals surface area contributed by atoms with E-state index in [1.165, 1.54) is 7.11 Å². The van der Waals surface area contributed by atoms with Crippen molar-refractivity contribution in [2.45, 2.75) is 0 Å². The molecule has 0 bridgehead atoms. The Morgan fingerprint density at radius 2 is 1.55 bits per heavy atom. The average Bonchev–Trinajstić information content (AvgIpc) is 2.55. The van der Waals surface area contributed by atoms with Crippen LogP contribution >= 0.6 is 12.2 Å². The molecule has 2 N–H and O–H groups in total. The van der Waals surface area contributed by atoms with Crippen molar-refractivity contribution in [2.24, 2.45) is 0 Å². The molecular weight excluding hydrogens is 300 g/mol. The lowest BCUT2D eigenvalue weighted by atomic mass is 10.2. The van der Waals surface area contributed by atoms with Gasteiger partial charge in [-0.05, 0) is 36.5 Å². The molecule has 2 aromatic carbocycles. The van der Waals surface area contributed by atoms with Crippen LogP contribution < -0.4 is 20.1 Å². The summed E-state index contributed by atoms with van der Waals surface area (Å²) in [6.07, 6.45) is 0. The largest absolute Gasteiger partial charge is 0.496 e. The third-order valence-electron chi connectivity index (χ3n) is 2.93. The highest BCUT2D eigenvalue weighted by Gasteiger charge is 2.13. The fourth-order valence-corrected chi connectivity index (χ4v) is 2.11. The number of nitrogens with one attached hydrogen (secondary N) is 2. The van der Waals surface area contributed by atoms with E-state index in [1.807, 2.05) is 12.1 Å². The summed E-state index contributed by atoms with van der Waals surface area (Å²) >= 11 is 5.16. The Bertz CT molecular complexity index is 689. The maximum absolute atomic E-state index is 12.2. The highest BCUT2D eigenvalue weighted by atomic mass is 32.1. The summed E-state index contributed by atoms with van der Waals surface area (Å²) < 4.78 is 10.4. The molecule has 0 aromatic heterocycles. The Hall–Kier alpha value is -2.60. The molecule has 0 spiro atoms. The molecule has 0 unspecified atom stereocenters. The predicted octanol–water partition coefficient (Wildman–Crippen LogP) is 2.83. The first-order valence-electron chi connectivity index (χ1n) is 6.54. The van der Waals surface area contributed by atoms with Gasteiger partial charge < -0.3 is 14.8 Å². The molecule has 0 aliphatic carbocycles. The third-order valence-corrected chi connectivity index (χ3v) is 3.14. The van der Waals surface area contributed by atoms with Crippen molar-refractivity contribution in [1.29, 1.82) is 0 Å². The van der Waals surface area contributed by atoms with Gasteiger partial charge in [-0.25, -0.2) is 0 Å². The number of anilines is 1. The fraction of sp³-hybridized carbons (Fsp3) is 0.125. The van der Waals surface area contributed by atoms with E-state index >= 15 is 0 Å². The zero-order valence-electron chi connectivity index (χ0n) is 12.3. The highest BCUT2D eigenvalue weighted by Crippen LogP contribution is 2.23.